The van der Waals surface area contributed by atoms with E-state index in [1.54, 1.807) is 30.7 Å². The third kappa shape index (κ3) is 6.38. The molecular formula is C34H43ClN2O4S2. The molecule has 9 heteroatoms. The van der Waals surface area contributed by atoms with E-state index < -0.39 is 21.0 Å². The van der Waals surface area contributed by atoms with Gasteiger partial charge in [-0.2, -0.15) is 10.2 Å². The summed E-state index contributed by atoms with van der Waals surface area (Å²) in [6.07, 6.45) is 11.6. The molecule has 0 aliphatic heterocycles. The standard InChI is InChI=1S/C34H43ClN2O4S2/c1-9-40-33-28(15-11-17-31(33)41-21-25-13-10-14-26(42(8)39)19-30(25)35)32(38)29-20-37(34-27(29)16-12-18-36-34)43(22(2)3,23(4)5)24(6)7/h11-20,22-24H,9-10,21H2,1-8H3. The molecule has 2 heterocycles. The highest BCUT2D eigenvalue weighted by Crippen LogP contribution is 2.62. The number of nitrogens with zero attached hydrogens (tertiary/aromatic N) is 2. The Kier molecular flexibility index (Phi) is 10.7. The van der Waals surface area contributed by atoms with Crippen LogP contribution in [0, 0.1) is 0 Å². The van der Waals surface area contributed by atoms with Gasteiger partial charge in [0.1, 0.15) is 12.3 Å². The van der Waals surface area contributed by atoms with Crippen molar-refractivity contribution in [3.05, 3.63) is 87.6 Å². The molecule has 1 aromatic carbocycles. The van der Waals surface area contributed by atoms with Crippen molar-refractivity contribution in [1.29, 1.82) is 0 Å². The van der Waals surface area contributed by atoms with Gasteiger partial charge in [-0.1, -0.05) is 71.4 Å². The fourth-order valence-electron chi connectivity index (χ4n) is 6.19. The number of carbonyl (C=O) groups is 1. The second kappa shape index (κ2) is 13.9. The number of benzene rings is 1. The number of pyridine rings is 1. The van der Waals surface area contributed by atoms with Crippen LogP contribution in [0.15, 0.2) is 76.5 Å². The van der Waals surface area contributed by atoms with Gasteiger partial charge in [0, 0.05) is 66.1 Å². The third-order valence-electron chi connectivity index (χ3n) is 7.87. The second-order valence-corrected chi connectivity index (χ2v) is 17.8. The first-order valence-electron chi connectivity index (χ1n) is 14.7. The van der Waals surface area contributed by atoms with Crippen molar-refractivity contribution < 1.29 is 18.5 Å². The summed E-state index contributed by atoms with van der Waals surface area (Å²) in [6, 6.07) is 9.27. The number of hydrogen-bond acceptors (Lipinski definition) is 5. The molecule has 0 saturated carbocycles. The zero-order chi connectivity index (χ0) is 31.5. The maximum Gasteiger partial charge on any atom is 0.199 e. The Morgan fingerprint density at radius 1 is 1.02 bits per heavy atom. The Morgan fingerprint density at radius 2 is 1.72 bits per heavy atom. The predicted molar refractivity (Wildman–Crippen MR) is 183 cm³/mol. The van der Waals surface area contributed by atoms with Crippen molar-refractivity contribution in [2.45, 2.75) is 70.6 Å². The minimum absolute atomic E-state index is 0.138. The Bertz CT molecular complexity index is 1600. The number of para-hydroxylation sites is 1. The van der Waals surface area contributed by atoms with Crippen LogP contribution in [0.25, 0.3) is 11.0 Å². The van der Waals surface area contributed by atoms with E-state index in [0.717, 1.165) is 16.6 Å². The lowest BCUT2D eigenvalue weighted by atomic mass is 10.0. The summed E-state index contributed by atoms with van der Waals surface area (Å²) in [6.45, 7) is 16.1. The maximum absolute atomic E-state index is 14.4. The van der Waals surface area contributed by atoms with E-state index >= 15 is 0 Å². The van der Waals surface area contributed by atoms with Crippen LogP contribution in [0.1, 0.15) is 70.8 Å². The molecule has 1 unspecified atom stereocenters. The fourth-order valence-corrected chi connectivity index (χ4v) is 12.5. The van der Waals surface area contributed by atoms with Crippen molar-refractivity contribution in [2.75, 3.05) is 19.5 Å². The zero-order valence-electron chi connectivity index (χ0n) is 26.3. The van der Waals surface area contributed by atoms with Gasteiger partial charge in [0.25, 0.3) is 0 Å². The summed E-state index contributed by atoms with van der Waals surface area (Å²) in [5.41, 5.74) is 2.65. The van der Waals surface area contributed by atoms with E-state index in [1.165, 1.54) is 0 Å². The summed E-state index contributed by atoms with van der Waals surface area (Å²) >= 11 is 6.56. The first kappa shape index (κ1) is 33.1. The van der Waals surface area contributed by atoms with E-state index in [0.29, 0.717) is 61.3 Å². The van der Waals surface area contributed by atoms with Crippen molar-refractivity contribution >= 4 is 49.4 Å². The molecule has 0 amide bonds. The van der Waals surface area contributed by atoms with Crippen molar-refractivity contribution in [2.24, 2.45) is 0 Å². The summed E-state index contributed by atoms with van der Waals surface area (Å²) in [5.74, 6) is 0.724. The third-order valence-corrected chi connectivity index (χ3v) is 14.7. The van der Waals surface area contributed by atoms with Gasteiger partial charge in [-0.3, -0.25) is 13.0 Å². The molecule has 0 spiro atoms. The molecule has 3 aromatic rings. The minimum atomic E-state index is -1.42. The lowest BCUT2D eigenvalue weighted by molar-refractivity contribution is 0.103. The molecule has 0 saturated heterocycles. The van der Waals surface area contributed by atoms with Crippen LogP contribution in [0.4, 0.5) is 0 Å². The smallest absolute Gasteiger partial charge is 0.199 e. The van der Waals surface area contributed by atoms with E-state index in [2.05, 4.69) is 45.5 Å². The average Bonchev–Trinajstić information content (AvgIpc) is 3.22. The number of ketones is 1. The van der Waals surface area contributed by atoms with E-state index in [4.69, 9.17) is 26.1 Å². The molecule has 232 valence electrons. The van der Waals surface area contributed by atoms with Crippen LogP contribution in [-0.4, -0.2) is 54.2 Å². The molecule has 2 aromatic heterocycles. The lowest BCUT2D eigenvalue weighted by Gasteiger charge is -2.52. The SMILES string of the molecule is CCOc1c(OCC2=CCC=C(S(C)=O)C=C2Cl)cccc1C(=O)c1cn(S(C(C)C)(C(C)C)C(C)C)c2ncccc12. The Hall–Kier alpha value is -2.81. The van der Waals surface area contributed by atoms with Gasteiger partial charge in [-0.25, -0.2) is 4.98 Å². The monoisotopic (exact) mass is 642 g/mol. The molecule has 6 nitrogen and oxygen atoms in total. The Labute approximate surface area is 265 Å². The average molecular weight is 643 g/mol. The van der Waals surface area contributed by atoms with Crippen LogP contribution < -0.4 is 9.47 Å². The molecule has 1 aliphatic carbocycles. The molecule has 0 bridgehead atoms. The highest BCUT2D eigenvalue weighted by atomic mass is 35.5. The predicted octanol–water partition coefficient (Wildman–Crippen LogP) is 8.55. The lowest BCUT2D eigenvalue weighted by Crippen LogP contribution is -2.34. The summed E-state index contributed by atoms with van der Waals surface area (Å²) in [7, 11) is -2.55. The number of aromatic nitrogens is 2. The molecule has 43 heavy (non-hydrogen) atoms. The van der Waals surface area contributed by atoms with Gasteiger partial charge in [0.15, 0.2) is 17.3 Å². The van der Waals surface area contributed by atoms with E-state index in [-0.39, 0.29) is 12.4 Å². The van der Waals surface area contributed by atoms with E-state index in [1.807, 2.05) is 43.5 Å². The summed E-state index contributed by atoms with van der Waals surface area (Å²) in [5, 5.41) is 2.46. The number of rotatable bonds is 12. The quantitative estimate of drug-likeness (QED) is 0.185. The first-order chi connectivity index (χ1) is 20.4. The molecule has 0 N–H and O–H groups in total. The number of fused-ring (bicyclic) bond motifs is 1. The van der Waals surface area contributed by atoms with Crippen molar-refractivity contribution in [3.8, 4) is 11.5 Å². The van der Waals surface area contributed by atoms with Crippen LogP contribution in [0.3, 0.4) is 0 Å². The van der Waals surface area contributed by atoms with Crippen LogP contribution in [-0.2, 0) is 10.8 Å². The zero-order valence-corrected chi connectivity index (χ0v) is 28.7. The maximum atomic E-state index is 14.4. The number of carbonyl (C=O) groups excluding carboxylic acids is 1. The molecule has 0 fully saturated rings. The van der Waals surface area contributed by atoms with Crippen LogP contribution in [0.5, 0.6) is 11.5 Å². The second-order valence-electron chi connectivity index (χ2n) is 11.3. The van der Waals surface area contributed by atoms with Gasteiger partial charge in [0.05, 0.1) is 17.7 Å². The minimum Gasteiger partial charge on any atom is -0.489 e. The van der Waals surface area contributed by atoms with E-state index in [9.17, 15) is 9.00 Å². The number of allylic oxidation sites excluding steroid dienone is 3. The van der Waals surface area contributed by atoms with Crippen molar-refractivity contribution in [1.82, 2.24) is 8.96 Å². The number of ether oxygens (including phenoxy) is 2. The first-order valence-corrected chi connectivity index (χ1v) is 18.5. The van der Waals surface area contributed by atoms with Gasteiger partial charge in [-0.15, -0.1) is 0 Å². The number of hydrogen-bond donors (Lipinski definition) is 0. The topological polar surface area (TPSA) is 70.4 Å². The Balaban J connectivity index is 1.77. The van der Waals surface area contributed by atoms with Crippen LogP contribution >= 0.6 is 21.8 Å². The molecule has 1 atom stereocenters. The molecular weight excluding hydrogens is 600 g/mol. The van der Waals surface area contributed by atoms with Gasteiger partial charge in [-0.05, 0) is 43.7 Å². The molecule has 1 aliphatic rings. The van der Waals surface area contributed by atoms with Gasteiger partial charge < -0.3 is 9.47 Å². The Morgan fingerprint density at radius 3 is 2.35 bits per heavy atom. The fraction of sp³-hybridized carbons (Fsp3) is 0.412. The largest absolute Gasteiger partial charge is 0.489 e. The molecule has 4 rings (SSSR count). The van der Waals surface area contributed by atoms with Crippen molar-refractivity contribution in [3.63, 3.8) is 0 Å². The van der Waals surface area contributed by atoms with Crippen LogP contribution in [0.2, 0.25) is 0 Å². The summed E-state index contributed by atoms with van der Waals surface area (Å²) < 4.78 is 26.6. The van der Waals surface area contributed by atoms with Gasteiger partial charge in [0.2, 0.25) is 0 Å². The summed E-state index contributed by atoms with van der Waals surface area (Å²) in [4.78, 5) is 19.9. The highest BCUT2D eigenvalue weighted by molar-refractivity contribution is 8.33. The highest BCUT2D eigenvalue weighted by Gasteiger charge is 2.39. The number of halogens is 1. The van der Waals surface area contributed by atoms with Gasteiger partial charge >= 0.3 is 0 Å². The normalized spacial score (nSPS) is 15.3. The molecule has 0 radical (unpaired) electrons.